The highest BCUT2D eigenvalue weighted by Gasteiger charge is 2.28. The van der Waals surface area contributed by atoms with Crippen LogP contribution < -0.4 is 24.8 Å². The zero-order valence-corrected chi connectivity index (χ0v) is 14.0. The Morgan fingerprint density at radius 2 is 1.91 bits per heavy atom. The fourth-order valence-corrected chi connectivity index (χ4v) is 2.56. The average molecular weight is 324 g/mol. The second kappa shape index (κ2) is 8.03. The number of morpholine rings is 1. The molecule has 0 aliphatic carbocycles. The number of methoxy groups -OCH3 is 3. The molecule has 2 rings (SSSR count). The Kier molecular flexibility index (Phi) is 6.06. The molecule has 7 nitrogen and oxygen atoms in total. The molecular weight excluding hydrogens is 300 g/mol. The van der Waals surface area contributed by atoms with E-state index in [9.17, 15) is 4.79 Å². The number of nitrogens with one attached hydrogen (secondary N) is 2. The molecule has 0 bridgehead atoms. The molecule has 2 atom stereocenters. The summed E-state index contributed by atoms with van der Waals surface area (Å²) in [4.78, 5) is 12.3. The van der Waals surface area contributed by atoms with E-state index in [1.807, 2.05) is 19.1 Å². The van der Waals surface area contributed by atoms with Gasteiger partial charge in [-0.3, -0.25) is 4.79 Å². The highest BCUT2D eigenvalue weighted by Crippen LogP contribution is 2.38. The summed E-state index contributed by atoms with van der Waals surface area (Å²) in [6, 6.07) is 3.29. The van der Waals surface area contributed by atoms with Gasteiger partial charge in [0, 0.05) is 13.1 Å². The molecule has 1 aliphatic heterocycles. The first-order chi connectivity index (χ1) is 11.1. The maximum absolute atomic E-state index is 12.3. The predicted molar refractivity (Wildman–Crippen MR) is 85.1 cm³/mol. The van der Waals surface area contributed by atoms with Gasteiger partial charge in [0.05, 0.1) is 34.0 Å². The number of rotatable bonds is 6. The minimum atomic E-state index is -0.342. The van der Waals surface area contributed by atoms with E-state index in [2.05, 4.69) is 10.6 Å². The van der Waals surface area contributed by atoms with Crippen molar-refractivity contribution in [1.29, 1.82) is 0 Å². The fourth-order valence-electron chi connectivity index (χ4n) is 2.56. The molecule has 1 fully saturated rings. The minimum Gasteiger partial charge on any atom is -0.493 e. The third-order valence-corrected chi connectivity index (χ3v) is 3.79. The molecule has 0 unspecified atom stereocenters. The SMILES string of the molecule is COc1cc(CNC(=O)[C@H]2NCCO[C@@H]2C)cc(OC)c1OC. The lowest BCUT2D eigenvalue weighted by atomic mass is 10.1. The monoisotopic (exact) mass is 324 g/mol. The van der Waals surface area contributed by atoms with Crippen molar-refractivity contribution in [3.8, 4) is 17.2 Å². The molecule has 7 heteroatoms. The van der Waals surface area contributed by atoms with Crippen molar-refractivity contribution in [2.75, 3.05) is 34.5 Å². The number of benzene rings is 1. The zero-order chi connectivity index (χ0) is 16.8. The highest BCUT2D eigenvalue weighted by molar-refractivity contribution is 5.82. The number of amides is 1. The van der Waals surface area contributed by atoms with Gasteiger partial charge in [0.2, 0.25) is 11.7 Å². The van der Waals surface area contributed by atoms with Gasteiger partial charge in [-0.1, -0.05) is 0 Å². The van der Waals surface area contributed by atoms with Crippen LogP contribution in [0.15, 0.2) is 12.1 Å². The van der Waals surface area contributed by atoms with Crippen molar-refractivity contribution in [2.24, 2.45) is 0 Å². The molecule has 1 aromatic carbocycles. The smallest absolute Gasteiger partial charge is 0.240 e. The first-order valence-corrected chi connectivity index (χ1v) is 7.52. The van der Waals surface area contributed by atoms with Crippen LogP contribution in [-0.2, 0) is 16.1 Å². The molecule has 2 N–H and O–H groups in total. The van der Waals surface area contributed by atoms with Crippen LogP contribution in [0.25, 0.3) is 0 Å². The lowest BCUT2D eigenvalue weighted by molar-refractivity contribution is -0.129. The van der Waals surface area contributed by atoms with Gasteiger partial charge in [-0.2, -0.15) is 0 Å². The van der Waals surface area contributed by atoms with E-state index in [1.165, 1.54) is 0 Å². The third-order valence-electron chi connectivity index (χ3n) is 3.79. The Labute approximate surface area is 136 Å². The Balaban J connectivity index is 2.06. The lowest BCUT2D eigenvalue weighted by Crippen LogP contribution is -2.55. The van der Waals surface area contributed by atoms with Crippen LogP contribution in [0.2, 0.25) is 0 Å². The second-order valence-corrected chi connectivity index (χ2v) is 5.26. The molecule has 1 aliphatic rings. The number of hydrogen-bond donors (Lipinski definition) is 2. The van der Waals surface area contributed by atoms with E-state index < -0.39 is 0 Å². The van der Waals surface area contributed by atoms with E-state index in [-0.39, 0.29) is 18.1 Å². The molecular formula is C16H24N2O5. The summed E-state index contributed by atoms with van der Waals surface area (Å²) in [7, 11) is 4.67. The van der Waals surface area contributed by atoms with E-state index in [0.717, 1.165) is 5.56 Å². The summed E-state index contributed by atoms with van der Waals surface area (Å²) in [6.45, 7) is 3.54. The predicted octanol–water partition coefficient (Wildman–Crippen LogP) is 0.706. The van der Waals surface area contributed by atoms with Crippen molar-refractivity contribution in [2.45, 2.75) is 25.6 Å². The van der Waals surface area contributed by atoms with Crippen LogP contribution in [0, 0.1) is 0 Å². The topological polar surface area (TPSA) is 78.1 Å². The summed E-state index contributed by atoms with van der Waals surface area (Å²) < 4.78 is 21.4. The fraction of sp³-hybridized carbons (Fsp3) is 0.562. The maximum atomic E-state index is 12.3. The van der Waals surface area contributed by atoms with Gasteiger partial charge in [-0.25, -0.2) is 0 Å². The van der Waals surface area contributed by atoms with Crippen LogP contribution in [0.1, 0.15) is 12.5 Å². The Hall–Kier alpha value is -1.99. The molecule has 1 aromatic rings. The van der Waals surface area contributed by atoms with Gasteiger partial charge < -0.3 is 29.6 Å². The van der Waals surface area contributed by atoms with Crippen LogP contribution >= 0.6 is 0 Å². The number of ether oxygens (including phenoxy) is 4. The van der Waals surface area contributed by atoms with Gasteiger partial charge in [0.15, 0.2) is 11.5 Å². The van der Waals surface area contributed by atoms with E-state index in [1.54, 1.807) is 21.3 Å². The molecule has 1 heterocycles. The van der Waals surface area contributed by atoms with Crippen molar-refractivity contribution < 1.29 is 23.7 Å². The normalized spacial score (nSPS) is 20.7. The van der Waals surface area contributed by atoms with Gasteiger partial charge >= 0.3 is 0 Å². The maximum Gasteiger partial charge on any atom is 0.240 e. The molecule has 1 saturated heterocycles. The number of carbonyl (C=O) groups excluding carboxylic acids is 1. The molecule has 128 valence electrons. The lowest BCUT2D eigenvalue weighted by Gasteiger charge is -2.29. The first kappa shape index (κ1) is 17.4. The standard InChI is InChI=1S/C16H24N2O5/c1-10-14(17-5-6-23-10)16(19)18-9-11-7-12(20-2)15(22-4)13(8-11)21-3/h7-8,10,14,17H,5-6,9H2,1-4H3,(H,18,19)/t10-,14+/m1/s1. The molecule has 23 heavy (non-hydrogen) atoms. The second-order valence-electron chi connectivity index (χ2n) is 5.26. The highest BCUT2D eigenvalue weighted by atomic mass is 16.5. The van der Waals surface area contributed by atoms with Gasteiger partial charge in [-0.05, 0) is 24.6 Å². The Morgan fingerprint density at radius 3 is 2.43 bits per heavy atom. The third kappa shape index (κ3) is 4.05. The summed E-state index contributed by atoms with van der Waals surface area (Å²) in [5, 5.41) is 6.07. The quantitative estimate of drug-likeness (QED) is 0.802. The molecule has 0 spiro atoms. The summed E-state index contributed by atoms with van der Waals surface area (Å²) >= 11 is 0. The minimum absolute atomic E-state index is 0.0917. The van der Waals surface area contributed by atoms with Crippen molar-refractivity contribution in [1.82, 2.24) is 10.6 Å². The van der Waals surface area contributed by atoms with E-state index >= 15 is 0 Å². The van der Waals surface area contributed by atoms with Crippen molar-refractivity contribution >= 4 is 5.91 Å². The summed E-state index contributed by atoms with van der Waals surface area (Å²) in [5.41, 5.74) is 0.859. The average Bonchev–Trinajstić information content (AvgIpc) is 2.58. The van der Waals surface area contributed by atoms with Crippen LogP contribution in [0.4, 0.5) is 0 Å². The van der Waals surface area contributed by atoms with Gasteiger partial charge in [0.1, 0.15) is 6.04 Å². The number of hydrogen-bond acceptors (Lipinski definition) is 6. The first-order valence-electron chi connectivity index (χ1n) is 7.52. The Morgan fingerprint density at radius 1 is 1.26 bits per heavy atom. The van der Waals surface area contributed by atoms with Crippen LogP contribution in [0.5, 0.6) is 17.2 Å². The van der Waals surface area contributed by atoms with E-state index in [0.29, 0.717) is 36.9 Å². The summed E-state index contributed by atoms with van der Waals surface area (Å²) in [6.07, 6.45) is -0.149. The van der Waals surface area contributed by atoms with E-state index in [4.69, 9.17) is 18.9 Å². The Bertz CT molecular complexity index is 524. The van der Waals surface area contributed by atoms with Gasteiger partial charge in [0.25, 0.3) is 0 Å². The molecule has 0 aromatic heterocycles. The van der Waals surface area contributed by atoms with Gasteiger partial charge in [-0.15, -0.1) is 0 Å². The summed E-state index contributed by atoms with van der Waals surface area (Å²) in [5.74, 6) is 1.55. The van der Waals surface area contributed by atoms with Crippen molar-refractivity contribution in [3.05, 3.63) is 17.7 Å². The van der Waals surface area contributed by atoms with Crippen LogP contribution in [-0.4, -0.2) is 52.5 Å². The van der Waals surface area contributed by atoms with Crippen molar-refractivity contribution in [3.63, 3.8) is 0 Å². The largest absolute Gasteiger partial charge is 0.493 e. The number of carbonyl (C=O) groups is 1. The molecule has 1 amide bonds. The molecule has 0 saturated carbocycles. The molecule has 0 radical (unpaired) electrons. The zero-order valence-electron chi connectivity index (χ0n) is 14.0. The van der Waals surface area contributed by atoms with Crippen LogP contribution in [0.3, 0.4) is 0 Å².